The molecule has 0 atom stereocenters. The normalized spacial score (nSPS) is 10.7. The number of carbonyl (C=O) groups excluding carboxylic acids is 1. The number of hydrogen-bond acceptors (Lipinski definition) is 4. The molecule has 3 rings (SSSR count). The minimum Gasteiger partial charge on any atom is -0.351 e. The highest BCUT2D eigenvalue weighted by molar-refractivity contribution is 7.99. The van der Waals surface area contributed by atoms with Gasteiger partial charge in [0.05, 0.1) is 5.75 Å². The number of halogens is 1. The van der Waals surface area contributed by atoms with Crippen LogP contribution in [0.1, 0.15) is 12.5 Å². The molecule has 7 heteroatoms. The SMILES string of the molecule is CCn1c(SCC(=O)NCc2ccccc2)nnc1-c1cccc(Cl)c1. The molecular weight excluding hydrogens is 368 g/mol. The van der Waals surface area contributed by atoms with E-state index in [9.17, 15) is 4.79 Å². The van der Waals surface area contributed by atoms with Gasteiger partial charge in [-0.25, -0.2) is 0 Å². The standard InChI is InChI=1S/C19H19ClN4OS/c1-2-24-18(15-9-6-10-16(20)11-15)22-23-19(24)26-13-17(25)21-12-14-7-4-3-5-8-14/h3-11H,2,12-13H2,1H3,(H,21,25). The van der Waals surface area contributed by atoms with E-state index in [2.05, 4.69) is 15.5 Å². The highest BCUT2D eigenvalue weighted by atomic mass is 35.5. The second kappa shape index (κ2) is 8.87. The third kappa shape index (κ3) is 4.65. The van der Waals surface area contributed by atoms with Gasteiger partial charge in [-0.2, -0.15) is 0 Å². The number of nitrogens with zero attached hydrogens (tertiary/aromatic N) is 3. The molecule has 0 saturated heterocycles. The van der Waals surface area contributed by atoms with Gasteiger partial charge in [0.15, 0.2) is 11.0 Å². The average molecular weight is 387 g/mol. The molecule has 0 fully saturated rings. The summed E-state index contributed by atoms with van der Waals surface area (Å²) in [6.07, 6.45) is 0. The van der Waals surface area contributed by atoms with E-state index < -0.39 is 0 Å². The molecule has 3 aromatic rings. The van der Waals surface area contributed by atoms with Crippen molar-refractivity contribution in [2.45, 2.75) is 25.2 Å². The fraction of sp³-hybridized carbons (Fsp3) is 0.211. The van der Waals surface area contributed by atoms with E-state index in [1.54, 1.807) is 0 Å². The summed E-state index contributed by atoms with van der Waals surface area (Å²) in [4.78, 5) is 12.1. The molecule has 1 amide bonds. The van der Waals surface area contributed by atoms with Gasteiger partial charge in [0.25, 0.3) is 0 Å². The quantitative estimate of drug-likeness (QED) is 0.623. The van der Waals surface area contributed by atoms with Crippen LogP contribution >= 0.6 is 23.4 Å². The van der Waals surface area contributed by atoms with Gasteiger partial charge >= 0.3 is 0 Å². The molecule has 0 aliphatic heterocycles. The lowest BCUT2D eigenvalue weighted by atomic mass is 10.2. The summed E-state index contributed by atoms with van der Waals surface area (Å²) >= 11 is 7.45. The van der Waals surface area contributed by atoms with Crippen molar-refractivity contribution in [3.8, 4) is 11.4 Å². The second-order valence-electron chi connectivity index (χ2n) is 5.61. The molecule has 0 spiro atoms. The Bertz CT molecular complexity index is 882. The number of carbonyl (C=O) groups is 1. The molecule has 0 radical (unpaired) electrons. The zero-order valence-electron chi connectivity index (χ0n) is 14.4. The molecule has 0 aliphatic rings. The van der Waals surface area contributed by atoms with Crippen LogP contribution in [0.3, 0.4) is 0 Å². The summed E-state index contributed by atoms with van der Waals surface area (Å²) in [7, 11) is 0. The van der Waals surface area contributed by atoms with E-state index in [0.29, 0.717) is 23.9 Å². The van der Waals surface area contributed by atoms with Crippen molar-refractivity contribution >= 4 is 29.3 Å². The van der Waals surface area contributed by atoms with E-state index in [0.717, 1.165) is 22.1 Å². The van der Waals surface area contributed by atoms with Crippen LogP contribution in [0.25, 0.3) is 11.4 Å². The highest BCUT2D eigenvalue weighted by Crippen LogP contribution is 2.25. The molecule has 2 aromatic carbocycles. The van der Waals surface area contributed by atoms with Gasteiger partial charge in [-0.3, -0.25) is 4.79 Å². The van der Waals surface area contributed by atoms with Gasteiger partial charge in [-0.05, 0) is 24.6 Å². The number of aromatic nitrogens is 3. The fourth-order valence-corrected chi connectivity index (χ4v) is 3.52. The predicted octanol–water partition coefficient (Wildman–Crippen LogP) is 4.03. The van der Waals surface area contributed by atoms with Gasteiger partial charge in [0.2, 0.25) is 5.91 Å². The maximum absolute atomic E-state index is 12.1. The minimum atomic E-state index is -0.0335. The Kier molecular flexibility index (Phi) is 6.30. The lowest BCUT2D eigenvalue weighted by Crippen LogP contribution is -2.24. The summed E-state index contributed by atoms with van der Waals surface area (Å²) in [5, 5.41) is 12.8. The molecule has 0 bridgehead atoms. The Morgan fingerprint density at radius 3 is 2.69 bits per heavy atom. The second-order valence-corrected chi connectivity index (χ2v) is 6.99. The first-order valence-corrected chi connectivity index (χ1v) is 9.66. The average Bonchev–Trinajstić information content (AvgIpc) is 3.08. The summed E-state index contributed by atoms with van der Waals surface area (Å²) in [6, 6.07) is 17.4. The summed E-state index contributed by atoms with van der Waals surface area (Å²) in [6.45, 7) is 3.26. The summed E-state index contributed by atoms with van der Waals surface area (Å²) < 4.78 is 1.99. The number of benzene rings is 2. The predicted molar refractivity (Wildman–Crippen MR) is 105 cm³/mol. The lowest BCUT2D eigenvalue weighted by Gasteiger charge is -2.08. The molecule has 0 saturated carbocycles. The maximum Gasteiger partial charge on any atom is 0.230 e. The molecule has 134 valence electrons. The third-order valence-corrected chi connectivity index (χ3v) is 4.98. The maximum atomic E-state index is 12.1. The number of nitrogens with one attached hydrogen (secondary N) is 1. The molecule has 1 aromatic heterocycles. The molecular formula is C19H19ClN4OS. The van der Waals surface area contributed by atoms with E-state index >= 15 is 0 Å². The largest absolute Gasteiger partial charge is 0.351 e. The van der Waals surface area contributed by atoms with Crippen molar-refractivity contribution in [2.75, 3.05) is 5.75 Å². The van der Waals surface area contributed by atoms with E-state index in [1.807, 2.05) is 66.1 Å². The third-order valence-electron chi connectivity index (χ3n) is 3.78. The Labute approximate surface area is 161 Å². The number of rotatable bonds is 7. The molecule has 1 N–H and O–H groups in total. The Balaban J connectivity index is 1.62. The van der Waals surface area contributed by atoms with Crippen LogP contribution in [0.2, 0.25) is 5.02 Å². The van der Waals surface area contributed by atoms with Crippen molar-refractivity contribution in [1.29, 1.82) is 0 Å². The van der Waals surface area contributed by atoms with Crippen LogP contribution in [0, 0.1) is 0 Å². The smallest absolute Gasteiger partial charge is 0.230 e. The monoisotopic (exact) mass is 386 g/mol. The first kappa shape index (κ1) is 18.5. The molecule has 1 heterocycles. The first-order valence-electron chi connectivity index (χ1n) is 8.30. The molecule has 0 aliphatic carbocycles. The first-order chi connectivity index (χ1) is 12.7. The van der Waals surface area contributed by atoms with Crippen molar-refractivity contribution in [3.63, 3.8) is 0 Å². The van der Waals surface area contributed by atoms with Crippen LogP contribution in [-0.2, 0) is 17.9 Å². The van der Waals surface area contributed by atoms with Crippen molar-refractivity contribution in [2.24, 2.45) is 0 Å². The van der Waals surface area contributed by atoms with Crippen LogP contribution in [0.15, 0.2) is 59.8 Å². The van der Waals surface area contributed by atoms with E-state index in [1.165, 1.54) is 11.8 Å². The summed E-state index contributed by atoms with van der Waals surface area (Å²) in [5.74, 6) is 1.01. The van der Waals surface area contributed by atoms with Crippen LogP contribution in [0.4, 0.5) is 0 Å². The van der Waals surface area contributed by atoms with Crippen LogP contribution < -0.4 is 5.32 Å². The minimum absolute atomic E-state index is 0.0335. The Morgan fingerprint density at radius 2 is 1.96 bits per heavy atom. The van der Waals surface area contributed by atoms with Gasteiger partial charge in [-0.1, -0.05) is 65.8 Å². The fourth-order valence-electron chi connectivity index (χ4n) is 2.50. The van der Waals surface area contributed by atoms with E-state index in [-0.39, 0.29) is 5.91 Å². The van der Waals surface area contributed by atoms with Gasteiger partial charge in [-0.15, -0.1) is 10.2 Å². The lowest BCUT2D eigenvalue weighted by molar-refractivity contribution is -0.118. The summed E-state index contributed by atoms with van der Waals surface area (Å²) in [5.41, 5.74) is 1.98. The number of amides is 1. The topological polar surface area (TPSA) is 59.8 Å². The molecule has 26 heavy (non-hydrogen) atoms. The van der Waals surface area contributed by atoms with Crippen molar-refractivity contribution < 1.29 is 4.79 Å². The van der Waals surface area contributed by atoms with Gasteiger partial charge in [0.1, 0.15) is 0 Å². The zero-order chi connectivity index (χ0) is 18.4. The van der Waals surface area contributed by atoms with Crippen LogP contribution in [0.5, 0.6) is 0 Å². The van der Waals surface area contributed by atoms with E-state index in [4.69, 9.17) is 11.6 Å². The molecule has 5 nitrogen and oxygen atoms in total. The van der Waals surface area contributed by atoms with Crippen molar-refractivity contribution in [1.82, 2.24) is 20.1 Å². The highest BCUT2D eigenvalue weighted by Gasteiger charge is 2.14. The Morgan fingerprint density at radius 1 is 1.15 bits per heavy atom. The van der Waals surface area contributed by atoms with Gasteiger partial charge in [0, 0.05) is 23.7 Å². The number of thioether (sulfide) groups is 1. The van der Waals surface area contributed by atoms with Crippen LogP contribution in [-0.4, -0.2) is 26.4 Å². The Hall–Kier alpha value is -2.31. The molecule has 0 unspecified atom stereocenters. The van der Waals surface area contributed by atoms with Crippen molar-refractivity contribution in [3.05, 3.63) is 65.2 Å². The number of hydrogen-bond donors (Lipinski definition) is 1. The van der Waals surface area contributed by atoms with Gasteiger partial charge < -0.3 is 9.88 Å². The zero-order valence-corrected chi connectivity index (χ0v) is 15.9.